The number of carboxylic acids is 1. The Morgan fingerprint density at radius 2 is 1.97 bits per heavy atom. The molecule has 1 saturated carbocycles. The fraction of sp³-hybridized carbons (Fsp3) is 0.474. The lowest BCUT2D eigenvalue weighted by molar-refractivity contribution is -0.147. The molecule has 29 heavy (non-hydrogen) atoms. The summed E-state index contributed by atoms with van der Waals surface area (Å²) in [6.45, 7) is 0.863. The number of nitrogens with two attached hydrogens (primary N) is 1. The number of halogens is 2. The molecule has 0 radical (unpaired) electrons. The van der Waals surface area contributed by atoms with Crippen molar-refractivity contribution >= 4 is 22.6 Å². The first kappa shape index (κ1) is 18.5. The van der Waals surface area contributed by atoms with Crippen molar-refractivity contribution in [3.05, 3.63) is 39.7 Å². The van der Waals surface area contributed by atoms with Gasteiger partial charge in [-0.25, -0.2) is 13.6 Å². The van der Waals surface area contributed by atoms with Crippen LogP contribution in [0.25, 0.3) is 10.9 Å². The Kier molecular flexibility index (Phi) is 3.96. The molecule has 1 aliphatic carbocycles. The highest BCUT2D eigenvalue weighted by atomic mass is 19.1. The lowest BCUT2D eigenvalue weighted by Gasteiger charge is -2.26. The van der Waals surface area contributed by atoms with E-state index in [2.05, 4.69) is 0 Å². The summed E-state index contributed by atoms with van der Waals surface area (Å²) >= 11 is 0. The molecule has 1 atom stereocenters. The van der Waals surface area contributed by atoms with Crippen LogP contribution >= 0.6 is 0 Å². The van der Waals surface area contributed by atoms with E-state index < -0.39 is 40.4 Å². The van der Waals surface area contributed by atoms with Crippen molar-refractivity contribution in [1.29, 1.82) is 0 Å². The van der Waals surface area contributed by atoms with Crippen LogP contribution in [0.15, 0.2) is 17.1 Å². The molecule has 2 saturated heterocycles. The highest BCUT2D eigenvalue weighted by Gasteiger charge is 2.51. The highest BCUT2D eigenvalue weighted by Crippen LogP contribution is 2.41. The van der Waals surface area contributed by atoms with Crippen LogP contribution in [0.3, 0.4) is 0 Å². The second-order valence-electron chi connectivity index (χ2n) is 7.73. The van der Waals surface area contributed by atoms with Gasteiger partial charge in [-0.05, 0) is 18.9 Å². The third-order valence-electron chi connectivity index (χ3n) is 5.84. The molecule has 3 N–H and O–H groups in total. The zero-order valence-corrected chi connectivity index (χ0v) is 15.4. The van der Waals surface area contributed by atoms with Gasteiger partial charge in [0.2, 0.25) is 11.2 Å². The number of hydrogen-bond acceptors (Lipinski definition) is 6. The fourth-order valence-corrected chi connectivity index (χ4v) is 4.29. The molecule has 0 amide bonds. The number of nitrogens with zero attached hydrogens (tertiary/aromatic N) is 2. The molecule has 1 unspecified atom stereocenters. The molecule has 1 aromatic carbocycles. The number of aromatic nitrogens is 1. The SMILES string of the molecule is NC1CN(c2c(F)cc3c(=O)c(C(=O)O)cn(C4CC4)c3c2F)CC12OCCO2. The summed E-state index contributed by atoms with van der Waals surface area (Å²) in [5.74, 6) is -4.42. The quantitative estimate of drug-likeness (QED) is 0.787. The molecule has 3 aliphatic rings. The minimum absolute atomic E-state index is 0.0500. The van der Waals surface area contributed by atoms with Crippen LogP contribution < -0.4 is 16.1 Å². The Morgan fingerprint density at radius 1 is 1.28 bits per heavy atom. The second-order valence-corrected chi connectivity index (χ2v) is 7.73. The average Bonchev–Trinajstić information content (AvgIpc) is 3.32. The van der Waals surface area contributed by atoms with Crippen LogP contribution in [0.4, 0.5) is 14.5 Å². The largest absolute Gasteiger partial charge is 0.477 e. The van der Waals surface area contributed by atoms with Crippen LogP contribution in [-0.2, 0) is 9.47 Å². The highest BCUT2D eigenvalue weighted by molar-refractivity contribution is 5.94. The number of hydrogen-bond donors (Lipinski definition) is 2. The third-order valence-corrected chi connectivity index (χ3v) is 5.84. The summed E-state index contributed by atoms with van der Waals surface area (Å²) in [7, 11) is 0. The van der Waals surface area contributed by atoms with Gasteiger partial charge in [-0.2, -0.15) is 0 Å². The molecule has 2 aliphatic heterocycles. The molecule has 1 spiro atoms. The Hall–Kier alpha value is -2.56. The Labute approximate surface area is 163 Å². The van der Waals surface area contributed by atoms with Crippen LogP contribution in [0.1, 0.15) is 29.2 Å². The van der Waals surface area contributed by atoms with Gasteiger partial charge < -0.3 is 29.8 Å². The number of fused-ring (bicyclic) bond motifs is 1. The molecule has 0 bridgehead atoms. The second kappa shape index (κ2) is 6.22. The van der Waals surface area contributed by atoms with Gasteiger partial charge >= 0.3 is 5.97 Å². The minimum atomic E-state index is -1.43. The first-order chi connectivity index (χ1) is 13.8. The predicted molar refractivity (Wildman–Crippen MR) is 98.2 cm³/mol. The Morgan fingerprint density at radius 3 is 2.59 bits per heavy atom. The monoisotopic (exact) mass is 407 g/mol. The maximum atomic E-state index is 15.6. The van der Waals surface area contributed by atoms with E-state index in [1.807, 2.05) is 0 Å². The molecular formula is C19H19F2N3O5. The van der Waals surface area contributed by atoms with Gasteiger partial charge in [0.1, 0.15) is 17.1 Å². The van der Waals surface area contributed by atoms with Crippen LogP contribution in [0.2, 0.25) is 0 Å². The van der Waals surface area contributed by atoms with Gasteiger partial charge in [0.15, 0.2) is 5.82 Å². The van der Waals surface area contributed by atoms with E-state index >= 15 is 4.39 Å². The van der Waals surface area contributed by atoms with Crippen molar-refractivity contribution < 1.29 is 28.2 Å². The van der Waals surface area contributed by atoms with Crippen LogP contribution in [-0.4, -0.2) is 53.8 Å². The van der Waals surface area contributed by atoms with E-state index in [-0.39, 0.29) is 35.7 Å². The third kappa shape index (κ3) is 2.66. The van der Waals surface area contributed by atoms with Crippen LogP contribution in [0.5, 0.6) is 0 Å². The zero-order valence-electron chi connectivity index (χ0n) is 15.4. The summed E-state index contributed by atoms with van der Waals surface area (Å²) in [4.78, 5) is 25.4. The first-order valence-electron chi connectivity index (χ1n) is 9.41. The van der Waals surface area contributed by atoms with Gasteiger partial charge in [0, 0.05) is 18.8 Å². The average molecular weight is 407 g/mol. The molecule has 154 valence electrons. The number of carbonyl (C=O) groups is 1. The summed E-state index contributed by atoms with van der Waals surface area (Å²) in [5, 5.41) is 9.02. The summed E-state index contributed by atoms with van der Waals surface area (Å²) in [6.07, 6.45) is 2.60. The molecule has 1 aromatic heterocycles. The van der Waals surface area contributed by atoms with Crippen molar-refractivity contribution in [1.82, 2.24) is 4.57 Å². The maximum absolute atomic E-state index is 15.6. The van der Waals surface area contributed by atoms with E-state index in [9.17, 15) is 19.1 Å². The van der Waals surface area contributed by atoms with E-state index in [4.69, 9.17) is 15.2 Å². The van der Waals surface area contributed by atoms with Gasteiger partial charge in [-0.15, -0.1) is 0 Å². The van der Waals surface area contributed by atoms with Crippen molar-refractivity contribution in [2.45, 2.75) is 30.7 Å². The fourth-order valence-electron chi connectivity index (χ4n) is 4.29. The van der Waals surface area contributed by atoms with Crippen molar-refractivity contribution in [3.8, 4) is 0 Å². The van der Waals surface area contributed by atoms with E-state index in [0.717, 1.165) is 25.1 Å². The number of carboxylic acid groups (broad SMARTS) is 1. The summed E-state index contributed by atoms with van der Waals surface area (Å²) in [5.41, 5.74) is 4.29. The number of pyridine rings is 1. The summed E-state index contributed by atoms with van der Waals surface area (Å²) in [6, 6.07) is 0.186. The van der Waals surface area contributed by atoms with E-state index in [1.165, 1.54) is 9.47 Å². The minimum Gasteiger partial charge on any atom is -0.477 e. The van der Waals surface area contributed by atoms with Gasteiger partial charge in [0.25, 0.3) is 0 Å². The molecule has 5 rings (SSSR count). The van der Waals surface area contributed by atoms with E-state index in [1.54, 1.807) is 0 Å². The number of ether oxygens (including phenoxy) is 2. The van der Waals surface area contributed by atoms with Gasteiger partial charge in [0.05, 0.1) is 36.7 Å². The lowest BCUT2D eigenvalue weighted by Crippen LogP contribution is -2.47. The van der Waals surface area contributed by atoms with Gasteiger partial charge in [-0.1, -0.05) is 0 Å². The molecule has 3 fully saturated rings. The number of benzene rings is 1. The topological polar surface area (TPSA) is 107 Å². The normalized spacial score (nSPS) is 23.4. The maximum Gasteiger partial charge on any atom is 0.341 e. The Bertz CT molecular complexity index is 1090. The smallest absolute Gasteiger partial charge is 0.341 e. The Balaban J connectivity index is 1.70. The molecular weight excluding hydrogens is 388 g/mol. The standard InChI is InChI=1S/C19H19F2N3O5/c20-12-5-10-15(24(9-1-2-9)6-11(17(10)25)18(26)27)14(21)16(12)23-7-13(22)19(8-23)28-3-4-29-19/h5-6,9,13H,1-4,7-8,22H2,(H,26,27). The number of aromatic carboxylic acids is 1. The van der Waals surface area contributed by atoms with Crippen molar-refractivity contribution in [2.75, 3.05) is 31.2 Å². The van der Waals surface area contributed by atoms with E-state index in [0.29, 0.717) is 13.2 Å². The molecule has 8 nitrogen and oxygen atoms in total. The van der Waals surface area contributed by atoms with Crippen molar-refractivity contribution in [2.24, 2.45) is 5.73 Å². The molecule has 10 heteroatoms. The first-order valence-corrected chi connectivity index (χ1v) is 9.41. The van der Waals surface area contributed by atoms with Gasteiger partial charge in [-0.3, -0.25) is 4.79 Å². The zero-order chi connectivity index (χ0) is 20.5. The molecule has 2 aromatic rings. The summed E-state index contributed by atoms with van der Waals surface area (Å²) < 4.78 is 43.3. The molecule has 3 heterocycles. The van der Waals surface area contributed by atoms with Crippen molar-refractivity contribution in [3.63, 3.8) is 0 Å². The van der Waals surface area contributed by atoms with Crippen LogP contribution in [0, 0.1) is 11.6 Å². The number of rotatable bonds is 3. The number of anilines is 1. The predicted octanol–water partition coefficient (Wildman–Crippen LogP) is 1.20. The lowest BCUT2D eigenvalue weighted by atomic mass is 10.1.